The molecule has 0 bridgehead atoms. The van der Waals surface area contributed by atoms with Gasteiger partial charge in [-0.05, 0) is 42.2 Å². The number of aromatic hydroxyl groups is 1. The summed E-state index contributed by atoms with van der Waals surface area (Å²) >= 11 is 0. The summed E-state index contributed by atoms with van der Waals surface area (Å²) in [6.07, 6.45) is 2.63. The Hall–Kier alpha value is -2.86. The zero-order valence-corrected chi connectivity index (χ0v) is 16.8. The van der Waals surface area contributed by atoms with Gasteiger partial charge in [0, 0.05) is 18.7 Å². The van der Waals surface area contributed by atoms with Crippen LogP contribution in [0.2, 0.25) is 0 Å². The number of nitrogens with one attached hydrogen (secondary N) is 1. The van der Waals surface area contributed by atoms with E-state index in [4.69, 9.17) is 4.74 Å². The van der Waals surface area contributed by atoms with Gasteiger partial charge in [0.25, 0.3) is 5.91 Å². The first-order valence-corrected chi connectivity index (χ1v) is 10.1. The Balaban J connectivity index is 1.68. The average molecular weight is 396 g/mol. The molecule has 2 aromatic carbocycles. The van der Waals surface area contributed by atoms with Crippen LogP contribution >= 0.6 is 0 Å². The molecular weight excluding hydrogens is 368 g/mol. The molecular formula is C23H28N2O4. The molecule has 6 heteroatoms. The molecule has 0 spiro atoms. The van der Waals surface area contributed by atoms with Gasteiger partial charge in [-0.1, -0.05) is 43.7 Å². The van der Waals surface area contributed by atoms with Crippen LogP contribution in [0.3, 0.4) is 0 Å². The predicted molar refractivity (Wildman–Crippen MR) is 111 cm³/mol. The lowest BCUT2D eigenvalue weighted by Crippen LogP contribution is -2.47. The molecule has 2 aromatic rings. The highest BCUT2D eigenvalue weighted by molar-refractivity contribution is 5.95. The van der Waals surface area contributed by atoms with Crippen LogP contribution in [0.15, 0.2) is 48.5 Å². The first-order valence-electron chi connectivity index (χ1n) is 10.1. The normalized spacial score (nSPS) is 15.6. The Morgan fingerprint density at radius 1 is 1.17 bits per heavy atom. The van der Waals surface area contributed by atoms with E-state index in [9.17, 15) is 14.7 Å². The third-order valence-corrected chi connectivity index (χ3v) is 5.11. The number of fused-ring (bicyclic) bond motifs is 1. The molecule has 6 nitrogen and oxygen atoms in total. The average Bonchev–Trinajstić information content (AvgIpc) is 2.73. The minimum absolute atomic E-state index is 0.0178. The van der Waals surface area contributed by atoms with E-state index in [1.807, 2.05) is 18.2 Å². The van der Waals surface area contributed by atoms with Crippen LogP contribution in [0.25, 0.3) is 0 Å². The van der Waals surface area contributed by atoms with Gasteiger partial charge in [-0.15, -0.1) is 0 Å². The minimum Gasteiger partial charge on any atom is -0.508 e. The molecule has 1 aliphatic heterocycles. The van der Waals surface area contributed by atoms with Crippen molar-refractivity contribution in [2.75, 3.05) is 19.8 Å². The third-order valence-electron chi connectivity index (χ3n) is 5.11. The van der Waals surface area contributed by atoms with E-state index in [-0.39, 0.29) is 36.8 Å². The van der Waals surface area contributed by atoms with E-state index in [1.165, 1.54) is 11.6 Å². The fraction of sp³-hybridized carbons (Fsp3) is 0.391. The van der Waals surface area contributed by atoms with E-state index in [1.54, 1.807) is 23.1 Å². The molecule has 0 aliphatic carbocycles. The van der Waals surface area contributed by atoms with Crippen LogP contribution in [0.4, 0.5) is 0 Å². The number of carbonyl (C=O) groups excluding carboxylic acids is 2. The zero-order chi connectivity index (χ0) is 20.6. The Labute approximate surface area is 171 Å². The highest BCUT2D eigenvalue weighted by Crippen LogP contribution is 2.26. The smallest absolute Gasteiger partial charge is 0.254 e. The number of hydrogen-bond donors (Lipinski definition) is 2. The maximum atomic E-state index is 13.1. The van der Waals surface area contributed by atoms with Gasteiger partial charge in [0.2, 0.25) is 5.91 Å². The van der Waals surface area contributed by atoms with Gasteiger partial charge in [-0.2, -0.15) is 0 Å². The summed E-state index contributed by atoms with van der Waals surface area (Å²) in [7, 11) is 0. The molecule has 0 aromatic heterocycles. The van der Waals surface area contributed by atoms with Crippen molar-refractivity contribution in [2.45, 2.75) is 38.8 Å². The van der Waals surface area contributed by atoms with E-state index in [0.717, 1.165) is 18.4 Å². The summed E-state index contributed by atoms with van der Waals surface area (Å²) in [6.45, 7) is 3.46. The van der Waals surface area contributed by atoms with Crippen LogP contribution < -0.4 is 5.32 Å². The van der Waals surface area contributed by atoms with Crippen molar-refractivity contribution in [1.29, 1.82) is 0 Å². The van der Waals surface area contributed by atoms with Crippen molar-refractivity contribution in [3.8, 4) is 5.75 Å². The zero-order valence-electron chi connectivity index (χ0n) is 16.8. The van der Waals surface area contributed by atoms with Crippen LogP contribution in [0.5, 0.6) is 5.75 Å². The van der Waals surface area contributed by atoms with Crippen LogP contribution in [-0.2, 0) is 22.5 Å². The van der Waals surface area contributed by atoms with E-state index < -0.39 is 0 Å². The van der Waals surface area contributed by atoms with Crippen molar-refractivity contribution in [3.05, 3.63) is 65.2 Å². The fourth-order valence-electron chi connectivity index (χ4n) is 3.52. The number of carbonyl (C=O) groups is 2. The Morgan fingerprint density at radius 2 is 1.97 bits per heavy atom. The lowest BCUT2D eigenvalue weighted by molar-refractivity contribution is -0.126. The van der Waals surface area contributed by atoms with Gasteiger partial charge >= 0.3 is 0 Å². The summed E-state index contributed by atoms with van der Waals surface area (Å²) in [4.78, 5) is 26.8. The van der Waals surface area contributed by atoms with Crippen molar-refractivity contribution in [3.63, 3.8) is 0 Å². The Morgan fingerprint density at radius 3 is 2.72 bits per heavy atom. The van der Waals surface area contributed by atoms with Gasteiger partial charge in [0.1, 0.15) is 12.4 Å². The highest BCUT2D eigenvalue weighted by atomic mass is 16.5. The largest absolute Gasteiger partial charge is 0.508 e. The third kappa shape index (κ3) is 5.57. The number of phenols is 1. The van der Waals surface area contributed by atoms with Crippen molar-refractivity contribution >= 4 is 11.8 Å². The van der Waals surface area contributed by atoms with Crippen LogP contribution in [0.1, 0.15) is 41.3 Å². The number of nitrogens with zero attached hydrogens (tertiary/aromatic N) is 1. The van der Waals surface area contributed by atoms with Crippen LogP contribution in [-0.4, -0.2) is 47.6 Å². The molecule has 1 atom stereocenters. The summed E-state index contributed by atoms with van der Waals surface area (Å²) < 4.78 is 5.67. The molecule has 0 fully saturated rings. The molecule has 154 valence electrons. The number of benzene rings is 2. The number of phenolic OH excluding ortho intramolecular Hbond substituents is 1. The van der Waals surface area contributed by atoms with Crippen LogP contribution in [0, 0.1) is 0 Å². The van der Waals surface area contributed by atoms with E-state index in [0.29, 0.717) is 25.1 Å². The first-order chi connectivity index (χ1) is 14.1. The topological polar surface area (TPSA) is 78.9 Å². The van der Waals surface area contributed by atoms with E-state index >= 15 is 0 Å². The number of ether oxygens (including phenoxy) is 1. The highest BCUT2D eigenvalue weighted by Gasteiger charge is 2.30. The fourth-order valence-corrected chi connectivity index (χ4v) is 3.52. The number of unbranched alkanes of at least 4 members (excludes halogenated alkanes) is 1. The van der Waals surface area contributed by atoms with Crippen molar-refractivity contribution in [2.24, 2.45) is 0 Å². The number of hydrogen-bond acceptors (Lipinski definition) is 4. The lowest BCUT2D eigenvalue weighted by Gasteiger charge is -2.37. The molecule has 29 heavy (non-hydrogen) atoms. The molecule has 3 rings (SSSR count). The maximum absolute atomic E-state index is 13.1. The Bertz CT molecular complexity index is 852. The second kappa shape index (κ2) is 10.1. The quantitative estimate of drug-likeness (QED) is 0.673. The van der Waals surface area contributed by atoms with Crippen molar-refractivity contribution in [1.82, 2.24) is 10.2 Å². The van der Waals surface area contributed by atoms with Gasteiger partial charge in [-0.25, -0.2) is 0 Å². The summed E-state index contributed by atoms with van der Waals surface area (Å²) in [5.41, 5.74) is 2.73. The summed E-state index contributed by atoms with van der Waals surface area (Å²) in [5, 5.41) is 12.6. The van der Waals surface area contributed by atoms with E-state index in [2.05, 4.69) is 18.3 Å². The Kier molecular flexibility index (Phi) is 7.25. The number of rotatable bonds is 8. The van der Waals surface area contributed by atoms with Gasteiger partial charge in [0.05, 0.1) is 12.6 Å². The second-order valence-electron chi connectivity index (χ2n) is 7.33. The van der Waals surface area contributed by atoms with Crippen molar-refractivity contribution < 1.29 is 19.4 Å². The SMILES string of the molecule is CCCCNC(=O)COCC1Cc2ccccc2CN1C(=O)c1cccc(O)c1. The number of amides is 2. The summed E-state index contributed by atoms with van der Waals surface area (Å²) in [5.74, 6) is -0.235. The molecule has 1 heterocycles. The van der Waals surface area contributed by atoms with Gasteiger partial charge in [0.15, 0.2) is 0 Å². The second-order valence-corrected chi connectivity index (χ2v) is 7.33. The monoisotopic (exact) mass is 396 g/mol. The molecule has 0 radical (unpaired) electrons. The molecule has 1 aliphatic rings. The molecule has 0 saturated heterocycles. The summed E-state index contributed by atoms with van der Waals surface area (Å²) in [6, 6.07) is 14.2. The van der Waals surface area contributed by atoms with Gasteiger partial charge < -0.3 is 20.1 Å². The standard InChI is InChI=1S/C23H28N2O4/c1-2-3-11-24-22(27)16-29-15-20-12-17-7-4-5-8-19(17)14-25(20)23(28)18-9-6-10-21(26)13-18/h4-10,13,20,26H,2-3,11-12,14-16H2,1H3,(H,24,27). The molecule has 2 amide bonds. The first kappa shape index (κ1) is 20.9. The minimum atomic E-state index is -0.178. The lowest BCUT2D eigenvalue weighted by atomic mass is 9.93. The van der Waals surface area contributed by atoms with Gasteiger partial charge in [-0.3, -0.25) is 9.59 Å². The molecule has 2 N–H and O–H groups in total. The predicted octanol–water partition coefficient (Wildman–Crippen LogP) is 2.89. The maximum Gasteiger partial charge on any atom is 0.254 e. The molecule has 0 saturated carbocycles. The molecule has 1 unspecified atom stereocenters.